The molecule has 6 nitrogen and oxygen atoms in total. The van der Waals surface area contributed by atoms with Gasteiger partial charge in [0.15, 0.2) is 6.61 Å². The molecule has 0 atom stereocenters. The summed E-state index contributed by atoms with van der Waals surface area (Å²) in [5.74, 6) is 0.109. The second-order valence-electron chi connectivity index (χ2n) is 6.65. The summed E-state index contributed by atoms with van der Waals surface area (Å²) in [6.07, 6.45) is 5.66. The van der Waals surface area contributed by atoms with E-state index in [1.165, 1.54) is 4.90 Å². The number of aryl methyl sites for hydroxylation is 1. The van der Waals surface area contributed by atoms with Gasteiger partial charge in [0.1, 0.15) is 11.3 Å². The molecule has 1 aliphatic rings. The lowest BCUT2D eigenvalue weighted by molar-refractivity contribution is -0.132. The monoisotopic (exact) mass is 387 g/mol. The standard InChI is InChI=1S/C20H18ClNO5/c1-22(9-12-5-6-25-10-12)19(23)11-26-18-8-17-15(7-16(18)21)13-3-2-4-14(13)20(24)27-17/h5-8,10H,2-4,9,11H2,1H3. The van der Waals surface area contributed by atoms with E-state index >= 15 is 0 Å². The third-order valence-electron chi connectivity index (χ3n) is 4.80. The highest BCUT2D eigenvalue weighted by atomic mass is 35.5. The number of likely N-dealkylation sites (N-methyl/N-ethyl adjacent to an activating group) is 1. The van der Waals surface area contributed by atoms with E-state index in [2.05, 4.69) is 0 Å². The predicted molar refractivity (Wildman–Crippen MR) is 100 cm³/mol. The van der Waals surface area contributed by atoms with Gasteiger partial charge in [0.2, 0.25) is 0 Å². The largest absolute Gasteiger partial charge is 0.482 e. The van der Waals surface area contributed by atoms with Gasteiger partial charge in [-0.15, -0.1) is 0 Å². The van der Waals surface area contributed by atoms with Crippen molar-refractivity contribution >= 4 is 28.5 Å². The van der Waals surface area contributed by atoms with E-state index < -0.39 is 0 Å². The van der Waals surface area contributed by atoms with Crippen LogP contribution in [0.3, 0.4) is 0 Å². The molecule has 0 spiro atoms. The van der Waals surface area contributed by atoms with E-state index in [9.17, 15) is 9.59 Å². The average molecular weight is 388 g/mol. The number of fused-ring (bicyclic) bond motifs is 3. The molecule has 0 radical (unpaired) electrons. The molecule has 0 saturated carbocycles. The number of nitrogens with zero attached hydrogens (tertiary/aromatic N) is 1. The fourth-order valence-corrected chi connectivity index (χ4v) is 3.61. The van der Waals surface area contributed by atoms with Gasteiger partial charge in [0.25, 0.3) is 5.91 Å². The van der Waals surface area contributed by atoms with E-state index in [1.807, 2.05) is 0 Å². The van der Waals surface area contributed by atoms with Gasteiger partial charge in [-0.1, -0.05) is 11.6 Å². The molecule has 4 rings (SSSR count). The molecule has 2 aromatic heterocycles. The second kappa shape index (κ2) is 7.12. The number of halogens is 1. The average Bonchev–Trinajstić information content (AvgIpc) is 3.32. The van der Waals surface area contributed by atoms with Crippen LogP contribution >= 0.6 is 11.6 Å². The second-order valence-corrected chi connectivity index (χ2v) is 7.06. The highest BCUT2D eigenvalue weighted by molar-refractivity contribution is 6.32. The third-order valence-corrected chi connectivity index (χ3v) is 5.10. The lowest BCUT2D eigenvalue weighted by Crippen LogP contribution is -2.30. The maximum absolute atomic E-state index is 12.3. The summed E-state index contributed by atoms with van der Waals surface area (Å²) in [7, 11) is 1.68. The van der Waals surface area contributed by atoms with E-state index in [4.69, 9.17) is 25.2 Å². The van der Waals surface area contributed by atoms with Crippen LogP contribution in [0.25, 0.3) is 11.0 Å². The van der Waals surface area contributed by atoms with Crippen molar-refractivity contribution in [1.82, 2.24) is 4.90 Å². The Hall–Kier alpha value is -2.73. The van der Waals surface area contributed by atoms with E-state index in [0.717, 1.165) is 41.3 Å². The zero-order valence-corrected chi connectivity index (χ0v) is 15.5. The first kappa shape index (κ1) is 17.7. The topological polar surface area (TPSA) is 72.9 Å². The van der Waals surface area contributed by atoms with Gasteiger partial charge < -0.3 is 18.5 Å². The fraction of sp³-hybridized carbons (Fsp3) is 0.300. The first-order valence-corrected chi connectivity index (χ1v) is 9.06. The van der Waals surface area contributed by atoms with Crippen molar-refractivity contribution in [1.29, 1.82) is 0 Å². The summed E-state index contributed by atoms with van der Waals surface area (Å²) in [5, 5.41) is 1.22. The number of benzene rings is 1. The Balaban J connectivity index is 1.52. The Bertz CT molecular complexity index is 1050. The number of ether oxygens (including phenoxy) is 1. The number of hydrogen-bond donors (Lipinski definition) is 0. The lowest BCUT2D eigenvalue weighted by Gasteiger charge is -2.17. The van der Waals surface area contributed by atoms with Gasteiger partial charge in [-0.05, 0) is 37.0 Å². The summed E-state index contributed by atoms with van der Waals surface area (Å²) in [6, 6.07) is 5.13. The minimum absolute atomic E-state index is 0.172. The first-order valence-electron chi connectivity index (χ1n) is 8.69. The lowest BCUT2D eigenvalue weighted by atomic mass is 10.1. The van der Waals surface area contributed by atoms with Gasteiger partial charge in [-0.25, -0.2) is 4.79 Å². The van der Waals surface area contributed by atoms with Crippen LogP contribution in [0, 0.1) is 0 Å². The zero-order chi connectivity index (χ0) is 19.0. The highest BCUT2D eigenvalue weighted by Gasteiger charge is 2.21. The van der Waals surface area contributed by atoms with Crippen molar-refractivity contribution in [3.63, 3.8) is 0 Å². The molecule has 140 valence electrons. The molecular weight excluding hydrogens is 370 g/mol. The SMILES string of the molecule is CN(Cc1ccoc1)C(=O)COc1cc2oc(=O)c3c(c2cc1Cl)CCC3. The summed E-state index contributed by atoms with van der Waals surface area (Å²) in [5.41, 5.74) is 2.76. The molecule has 0 aliphatic heterocycles. The minimum Gasteiger partial charge on any atom is -0.482 e. The van der Waals surface area contributed by atoms with Gasteiger partial charge in [0.05, 0.1) is 17.5 Å². The van der Waals surface area contributed by atoms with E-state index in [-0.39, 0.29) is 18.1 Å². The van der Waals surface area contributed by atoms with E-state index in [0.29, 0.717) is 22.9 Å². The van der Waals surface area contributed by atoms with E-state index in [1.54, 1.807) is 37.8 Å². The zero-order valence-electron chi connectivity index (χ0n) is 14.8. The number of carbonyl (C=O) groups excluding carboxylic acids is 1. The Morgan fingerprint density at radius 3 is 2.89 bits per heavy atom. The van der Waals surface area contributed by atoms with Crippen LogP contribution in [0.15, 0.2) is 44.4 Å². The summed E-state index contributed by atoms with van der Waals surface area (Å²) >= 11 is 6.34. The Morgan fingerprint density at radius 2 is 2.11 bits per heavy atom. The van der Waals surface area contributed by atoms with Crippen LogP contribution in [-0.4, -0.2) is 24.5 Å². The summed E-state index contributed by atoms with van der Waals surface area (Å²) < 4.78 is 16.0. The highest BCUT2D eigenvalue weighted by Crippen LogP contribution is 2.34. The molecule has 1 aliphatic carbocycles. The molecule has 0 saturated heterocycles. The van der Waals surface area contributed by atoms with Crippen LogP contribution in [-0.2, 0) is 24.2 Å². The normalized spacial score (nSPS) is 13.0. The Morgan fingerprint density at radius 1 is 1.30 bits per heavy atom. The van der Waals surface area contributed by atoms with Crippen LogP contribution in [0.1, 0.15) is 23.1 Å². The molecule has 7 heteroatoms. The summed E-state index contributed by atoms with van der Waals surface area (Å²) in [4.78, 5) is 25.9. The van der Waals surface area contributed by atoms with Crippen LogP contribution < -0.4 is 10.4 Å². The summed E-state index contributed by atoms with van der Waals surface area (Å²) in [6.45, 7) is 0.250. The number of carbonyl (C=O) groups is 1. The predicted octanol–water partition coefficient (Wildman–Crippen LogP) is 3.57. The minimum atomic E-state index is -0.306. The van der Waals surface area contributed by atoms with Crippen molar-refractivity contribution in [3.05, 3.63) is 62.9 Å². The smallest absolute Gasteiger partial charge is 0.339 e. The molecule has 0 unspecified atom stereocenters. The number of hydrogen-bond acceptors (Lipinski definition) is 5. The molecule has 3 aromatic rings. The van der Waals surface area contributed by atoms with Crippen molar-refractivity contribution in [2.45, 2.75) is 25.8 Å². The Labute approximate surface area is 160 Å². The molecule has 1 amide bonds. The fourth-order valence-electron chi connectivity index (χ4n) is 3.39. The van der Waals surface area contributed by atoms with Crippen LogP contribution in [0.4, 0.5) is 0 Å². The number of amides is 1. The maximum atomic E-state index is 12.3. The van der Waals surface area contributed by atoms with Gasteiger partial charge in [-0.2, -0.15) is 0 Å². The number of rotatable bonds is 5. The first-order chi connectivity index (χ1) is 13.0. The molecule has 0 bridgehead atoms. The number of furan rings is 1. The van der Waals surface area contributed by atoms with Crippen molar-refractivity contribution in [2.75, 3.05) is 13.7 Å². The molecule has 1 aromatic carbocycles. The van der Waals surface area contributed by atoms with Gasteiger partial charge in [0, 0.05) is 36.2 Å². The van der Waals surface area contributed by atoms with Crippen molar-refractivity contribution in [3.8, 4) is 5.75 Å². The molecule has 2 heterocycles. The molecule has 27 heavy (non-hydrogen) atoms. The molecule has 0 N–H and O–H groups in total. The van der Waals surface area contributed by atoms with Gasteiger partial charge in [-0.3, -0.25) is 4.79 Å². The van der Waals surface area contributed by atoms with Crippen molar-refractivity contribution < 1.29 is 18.4 Å². The molecular formula is C20H18ClNO5. The maximum Gasteiger partial charge on any atom is 0.339 e. The quantitative estimate of drug-likeness (QED) is 0.626. The van der Waals surface area contributed by atoms with Crippen LogP contribution in [0.5, 0.6) is 5.75 Å². The van der Waals surface area contributed by atoms with Crippen LogP contribution in [0.2, 0.25) is 5.02 Å². The van der Waals surface area contributed by atoms with Gasteiger partial charge >= 0.3 is 5.63 Å². The third kappa shape index (κ3) is 3.45. The Kier molecular flexibility index (Phi) is 4.66. The molecule has 0 fully saturated rings. The van der Waals surface area contributed by atoms with Crippen molar-refractivity contribution in [2.24, 2.45) is 0 Å².